The quantitative estimate of drug-likeness (QED) is 0.851. The molecule has 3 rings (SSSR count). The maximum absolute atomic E-state index is 13.1. The summed E-state index contributed by atoms with van der Waals surface area (Å²) in [6.07, 6.45) is 0.830. The topological polar surface area (TPSA) is 44.4 Å². The van der Waals surface area contributed by atoms with Crippen molar-refractivity contribution in [3.63, 3.8) is 0 Å². The summed E-state index contributed by atoms with van der Waals surface area (Å²) in [5.74, 6) is 0.658. The first-order valence-corrected chi connectivity index (χ1v) is 9.01. The molecule has 1 aliphatic heterocycles. The minimum Gasteiger partial charge on any atom is -0.333 e. The molecule has 2 unspecified atom stereocenters. The van der Waals surface area contributed by atoms with Crippen molar-refractivity contribution >= 4 is 5.91 Å². The lowest BCUT2D eigenvalue weighted by Gasteiger charge is -2.26. The number of amides is 1. The van der Waals surface area contributed by atoms with Gasteiger partial charge < -0.3 is 4.90 Å². The zero-order valence-corrected chi connectivity index (χ0v) is 15.0. The molecule has 2 atom stereocenters. The second-order valence-electron chi connectivity index (χ2n) is 7.09. The Morgan fingerprint density at radius 2 is 1.48 bits per heavy atom. The van der Waals surface area contributed by atoms with E-state index < -0.39 is 0 Å². The highest BCUT2D eigenvalue weighted by atomic mass is 16.2. The molecule has 1 heterocycles. The standard InChI is InChI=1S/C21H27N3O/c1-16(2)19-13-20(23-22-19)21(25)24(14-17-9-5-3-6-10-17)15-18-11-7-4-8-12-18/h3-12,16,19-20,22-23H,13-15H2,1-2H3. The molecule has 0 radical (unpaired) electrons. The van der Waals surface area contributed by atoms with Gasteiger partial charge in [0.1, 0.15) is 6.04 Å². The zero-order chi connectivity index (χ0) is 17.6. The van der Waals surface area contributed by atoms with Crippen LogP contribution in [0.3, 0.4) is 0 Å². The van der Waals surface area contributed by atoms with Crippen LogP contribution in [0.25, 0.3) is 0 Å². The Bertz CT molecular complexity index is 631. The number of carbonyl (C=O) groups is 1. The van der Waals surface area contributed by atoms with Gasteiger partial charge in [-0.15, -0.1) is 0 Å². The second-order valence-corrected chi connectivity index (χ2v) is 7.09. The summed E-state index contributed by atoms with van der Waals surface area (Å²) < 4.78 is 0. The fourth-order valence-electron chi connectivity index (χ4n) is 3.22. The average Bonchev–Trinajstić information content (AvgIpc) is 3.13. The molecule has 132 valence electrons. The predicted octanol–water partition coefficient (Wildman–Crippen LogP) is 3.11. The smallest absolute Gasteiger partial charge is 0.241 e. The largest absolute Gasteiger partial charge is 0.333 e. The van der Waals surface area contributed by atoms with Crippen molar-refractivity contribution < 1.29 is 4.79 Å². The Morgan fingerprint density at radius 1 is 0.960 bits per heavy atom. The lowest BCUT2D eigenvalue weighted by Crippen LogP contribution is -2.45. The number of hydrogen-bond acceptors (Lipinski definition) is 3. The minimum absolute atomic E-state index is 0.156. The number of hydrogen-bond donors (Lipinski definition) is 2. The molecule has 0 aromatic heterocycles. The molecule has 1 saturated heterocycles. The monoisotopic (exact) mass is 337 g/mol. The molecule has 4 heteroatoms. The molecule has 4 nitrogen and oxygen atoms in total. The van der Waals surface area contributed by atoms with Crippen LogP contribution in [0.5, 0.6) is 0 Å². The summed E-state index contributed by atoms with van der Waals surface area (Å²) in [7, 11) is 0. The third-order valence-corrected chi connectivity index (χ3v) is 4.78. The summed E-state index contributed by atoms with van der Waals surface area (Å²) in [6.45, 7) is 5.61. The molecule has 0 saturated carbocycles. The number of rotatable bonds is 6. The van der Waals surface area contributed by atoms with Crippen LogP contribution >= 0.6 is 0 Å². The summed E-state index contributed by atoms with van der Waals surface area (Å²) in [6, 6.07) is 20.5. The number of nitrogens with one attached hydrogen (secondary N) is 2. The van der Waals surface area contributed by atoms with Gasteiger partial charge in [0, 0.05) is 19.1 Å². The van der Waals surface area contributed by atoms with Gasteiger partial charge in [0.05, 0.1) is 0 Å². The fraction of sp³-hybridized carbons (Fsp3) is 0.381. The van der Waals surface area contributed by atoms with Gasteiger partial charge in [-0.1, -0.05) is 74.5 Å². The summed E-state index contributed by atoms with van der Waals surface area (Å²) in [4.78, 5) is 15.1. The molecule has 2 aromatic carbocycles. The highest BCUT2D eigenvalue weighted by molar-refractivity contribution is 5.82. The van der Waals surface area contributed by atoms with E-state index in [0.29, 0.717) is 25.0 Å². The van der Waals surface area contributed by atoms with Crippen LogP contribution in [-0.2, 0) is 17.9 Å². The van der Waals surface area contributed by atoms with E-state index in [1.165, 1.54) is 0 Å². The van der Waals surface area contributed by atoms with Crippen molar-refractivity contribution in [3.05, 3.63) is 71.8 Å². The lowest BCUT2D eigenvalue weighted by molar-refractivity contribution is -0.134. The van der Waals surface area contributed by atoms with Gasteiger partial charge in [-0.05, 0) is 23.5 Å². The number of benzene rings is 2. The molecule has 25 heavy (non-hydrogen) atoms. The van der Waals surface area contributed by atoms with Gasteiger partial charge in [-0.25, -0.2) is 5.43 Å². The molecule has 2 N–H and O–H groups in total. The Balaban J connectivity index is 1.74. The van der Waals surface area contributed by atoms with Crippen LogP contribution in [0, 0.1) is 5.92 Å². The summed E-state index contributed by atoms with van der Waals surface area (Å²) >= 11 is 0. The third kappa shape index (κ3) is 4.68. The molecular formula is C21H27N3O. The maximum atomic E-state index is 13.1. The molecule has 1 amide bonds. The van der Waals surface area contributed by atoms with Gasteiger partial charge >= 0.3 is 0 Å². The van der Waals surface area contributed by atoms with Gasteiger partial charge in [0.25, 0.3) is 0 Å². The third-order valence-electron chi connectivity index (χ3n) is 4.78. The van der Waals surface area contributed by atoms with E-state index in [4.69, 9.17) is 0 Å². The number of carbonyl (C=O) groups excluding carboxylic acids is 1. The van der Waals surface area contributed by atoms with Crippen LogP contribution in [0.2, 0.25) is 0 Å². The van der Waals surface area contributed by atoms with E-state index in [1.54, 1.807) is 0 Å². The van der Waals surface area contributed by atoms with E-state index >= 15 is 0 Å². The van der Waals surface area contributed by atoms with Crippen molar-refractivity contribution in [2.24, 2.45) is 5.92 Å². The average molecular weight is 337 g/mol. The lowest BCUT2D eigenvalue weighted by atomic mass is 9.99. The highest BCUT2D eigenvalue weighted by Crippen LogP contribution is 2.18. The highest BCUT2D eigenvalue weighted by Gasteiger charge is 2.33. The summed E-state index contributed by atoms with van der Waals surface area (Å²) in [5.41, 5.74) is 8.77. The molecule has 1 aliphatic rings. The Hall–Kier alpha value is -2.17. The van der Waals surface area contributed by atoms with E-state index in [0.717, 1.165) is 17.5 Å². The van der Waals surface area contributed by atoms with E-state index in [-0.39, 0.29) is 11.9 Å². The van der Waals surface area contributed by atoms with Gasteiger partial charge in [0.15, 0.2) is 0 Å². The minimum atomic E-state index is -0.167. The van der Waals surface area contributed by atoms with Crippen molar-refractivity contribution in [3.8, 4) is 0 Å². The second kappa shape index (κ2) is 8.28. The van der Waals surface area contributed by atoms with Crippen molar-refractivity contribution in [1.29, 1.82) is 0 Å². The van der Waals surface area contributed by atoms with Crippen molar-refractivity contribution in [2.45, 2.75) is 45.4 Å². The van der Waals surface area contributed by atoms with Crippen molar-refractivity contribution in [2.75, 3.05) is 0 Å². The number of nitrogens with zero attached hydrogens (tertiary/aromatic N) is 1. The summed E-state index contributed by atoms with van der Waals surface area (Å²) in [5, 5.41) is 0. The van der Waals surface area contributed by atoms with Crippen LogP contribution < -0.4 is 10.9 Å². The Kier molecular flexibility index (Phi) is 5.84. The first-order chi connectivity index (χ1) is 12.1. The zero-order valence-electron chi connectivity index (χ0n) is 15.0. The Labute approximate surface area is 150 Å². The van der Waals surface area contributed by atoms with E-state index in [1.807, 2.05) is 41.3 Å². The molecule has 1 fully saturated rings. The maximum Gasteiger partial charge on any atom is 0.241 e. The van der Waals surface area contributed by atoms with E-state index in [9.17, 15) is 4.79 Å². The Morgan fingerprint density at radius 3 is 1.92 bits per heavy atom. The van der Waals surface area contributed by atoms with Crippen molar-refractivity contribution in [1.82, 2.24) is 15.8 Å². The fourth-order valence-corrected chi connectivity index (χ4v) is 3.22. The molecule has 0 bridgehead atoms. The van der Waals surface area contributed by atoms with Crippen LogP contribution in [-0.4, -0.2) is 22.9 Å². The normalized spacial score (nSPS) is 20.0. The first-order valence-electron chi connectivity index (χ1n) is 9.01. The van der Waals surface area contributed by atoms with Gasteiger partial charge in [0.2, 0.25) is 5.91 Å². The predicted molar refractivity (Wildman–Crippen MR) is 100 cm³/mol. The van der Waals surface area contributed by atoms with Crippen LogP contribution in [0.15, 0.2) is 60.7 Å². The SMILES string of the molecule is CC(C)C1CC(C(=O)N(Cc2ccccc2)Cc2ccccc2)NN1. The van der Waals surface area contributed by atoms with E-state index in [2.05, 4.69) is 49.0 Å². The van der Waals surface area contributed by atoms with Gasteiger partial charge in [-0.2, -0.15) is 0 Å². The molecule has 2 aromatic rings. The first kappa shape index (κ1) is 17.6. The molecule has 0 aliphatic carbocycles. The molecule has 0 spiro atoms. The molecular weight excluding hydrogens is 310 g/mol. The number of hydrazine groups is 1. The van der Waals surface area contributed by atoms with Gasteiger partial charge in [-0.3, -0.25) is 10.2 Å². The van der Waals surface area contributed by atoms with Crippen LogP contribution in [0.4, 0.5) is 0 Å². The van der Waals surface area contributed by atoms with Crippen LogP contribution in [0.1, 0.15) is 31.4 Å².